The van der Waals surface area contributed by atoms with E-state index in [0.29, 0.717) is 0 Å². The van der Waals surface area contributed by atoms with Gasteiger partial charge in [0, 0.05) is 11.4 Å². The van der Waals surface area contributed by atoms with E-state index in [2.05, 4.69) is 58.4 Å². The zero-order valence-corrected chi connectivity index (χ0v) is 11.3. The molecule has 1 aromatic carbocycles. The molecule has 0 atom stereocenters. The summed E-state index contributed by atoms with van der Waals surface area (Å²) in [5.41, 5.74) is 5.48. The monoisotopic (exact) mass is 252 g/mol. The smallest absolute Gasteiger partial charge is 0.143 e. The Morgan fingerprint density at radius 3 is 2.68 bits per heavy atom. The fourth-order valence-electron chi connectivity index (χ4n) is 2.25. The number of benzene rings is 1. The Balaban J connectivity index is 2.05. The van der Waals surface area contributed by atoms with Gasteiger partial charge >= 0.3 is 0 Å². The van der Waals surface area contributed by atoms with Crippen LogP contribution < -0.4 is 5.32 Å². The molecule has 2 N–H and O–H groups in total. The van der Waals surface area contributed by atoms with E-state index in [1.165, 1.54) is 11.1 Å². The summed E-state index contributed by atoms with van der Waals surface area (Å²) in [5.74, 6) is 0.835. The number of H-pyrrole nitrogens is 1. The zero-order valence-electron chi connectivity index (χ0n) is 11.3. The van der Waals surface area contributed by atoms with Crippen LogP contribution in [0, 0.1) is 20.8 Å². The highest BCUT2D eigenvalue weighted by Gasteiger charge is 2.07. The Morgan fingerprint density at radius 1 is 1.05 bits per heavy atom. The maximum atomic E-state index is 4.34. The molecule has 2 heterocycles. The molecule has 4 heteroatoms. The van der Waals surface area contributed by atoms with Gasteiger partial charge in [-0.05, 0) is 38.5 Å². The minimum Gasteiger partial charge on any atom is -0.343 e. The molecule has 3 aromatic rings. The molecule has 0 saturated carbocycles. The summed E-state index contributed by atoms with van der Waals surface area (Å²) in [5, 5.41) is 4.40. The molecule has 0 radical (unpaired) electrons. The second kappa shape index (κ2) is 4.39. The first-order chi connectivity index (χ1) is 9.13. The van der Waals surface area contributed by atoms with Crippen LogP contribution in [0.15, 0.2) is 30.6 Å². The van der Waals surface area contributed by atoms with E-state index in [1.54, 1.807) is 6.33 Å². The van der Waals surface area contributed by atoms with E-state index in [4.69, 9.17) is 0 Å². The maximum absolute atomic E-state index is 4.34. The van der Waals surface area contributed by atoms with E-state index in [1.807, 2.05) is 6.92 Å². The number of nitrogens with one attached hydrogen (secondary N) is 2. The molecule has 0 aliphatic carbocycles. The van der Waals surface area contributed by atoms with Crippen LogP contribution in [-0.2, 0) is 0 Å². The van der Waals surface area contributed by atoms with E-state index in [-0.39, 0.29) is 0 Å². The van der Waals surface area contributed by atoms with Crippen LogP contribution in [-0.4, -0.2) is 15.0 Å². The van der Waals surface area contributed by atoms with Gasteiger partial charge in [-0.2, -0.15) is 0 Å². The Labute approximate surface area is 111 Å². The van der Waals surface area contributed by atoms with Crippen molar-refractivity contribution in [2.75, 3.05) is 5.32 Å². The van der Waals surface area contributed by atoms with Crippen molar-refractivity contribution in [3.63, 3.8) is 0 Å². The van der Waals surface area contributed by atoms with Gasteiger partial charge in [-0.15, -0.1) is 0 Å². The van der Waals surface area contributed by atoms with E-state index in [9.17, 15) is 0 Å². The molecule has 0 fully saturated rings. The van der Waals surface area contributed by atoms with Gasteiger partial charge in [-0.3, -0.25) is 0 Å². The minimum atomic E-state index is 0.835. The molecule has 0 bridgehead atoms. The summed E-state index contributed by atoms with van der Waals surface area (Å²) in [6.45, 7) is 6.20. The molecule has 3 rings (SSSR count). The SMILES string of the molecule is Cc1ccc(Nc2ncnc3[nH]c(C)cc23)c(C)c1. The fourth-order valence-corrected chi connectivity index (χ4v) is 2.25. The summed E-state index contributed by atoms with van der Waals surface area (Å²) in [6.07, 6.45) is 1.57. The number of rotatable bonds is 2. The summed E-state index contributed by atoms with van der Waals surface area (Å²) in [7, 11) is 0. The van der Waals surface area contributed by atoms with Crippen LogP contribution >= 0.6 is 0 Å². The van der Waals surface area contributed by atoms with Gasteiger partial charge in [-0.1, -0.05) is 17.7 Å². The molecule has 19 heavy (non-hydrogen) atoms. The first kappa shape index (κ1) is 11.7. The Bertz CT molecular complexity index is 743. The van der Waals surface area contributed by atoms with Gasteiger partial charge in [0.15, 0.2) is 0 Å². The average Bonchev–Trinajstić information content (AvgIpc) is 2.74. The van der Waals surface area contributed by atoms with Crippen LogP contribution in [0.3, 0.4) is 0 Å². The number of hydrogen-bond acceptors (Lipinski definition) is 3. The third-order valence-electron chi connectivity index (χ3n) is 3.20. The standard InChI is InChI=1S/C15H16N4/c1-9-4-5-13(10(2)6-9)19-15-12-7-11(3)18-14(12)16-8-17-15/h4-8H,1-3H3,(H2,16,17,18,19). The predicted molar refractivity (Wildman–Crippen MR) is 77.8 cm³/mol. The van der Waals surface area contributed by atoms with Gasteiger partial charge in [0.05, 0.1) is 5.39 Å². The van der Waals surface area contributed by atoms with Crippen molar-refractivity contribution < 1.29 is 0 Å². The van der Waals surface area contributed by atoms with Gasteiger partial charge in [0.2, 0.25) is 0 Å². The lowest BCUT2D eigenvalue weighted by Gasteiger charge is -2.10. The number of anilines is 2. The van der Waals surface area contributed by atoms with E-state index in [0.717, 1.165) is 28.2 Å². The van der Waals surface area contributed by atoms with Crippen molar-refractivity contribution in [3.8, 4) is 0 Å². The van der Waals surface area contributed by atoms with Crippen LogP contribution in [0.2, 0.25) is 0 Å². The molecular weight excluding hydrogens is 236 g/mol. The van der Waals surface area contributed by atoms with Crippen molar-refractivity contribution >= 4 is 22.5 Å². The molecule has 4 nitrogen and oxygen atoms in total. The number of aromatic nitrogens is 3. The number of fused-ring (bicyclic) bond motifs is 1. The number of hydrogen-bond donors (Lipinski definition) is 2. The molecule has 2 aromatic heterocycles. The Kier molecular flexibility index (Phi) is 2.71. The summed E-state index contributed by atoms with van der Waals surface area (Å²) >= 11 is 0. The molecule has 0 saturated heterocycles. The van der Waals surface area contributed by atoms with Crippen molar-refractivity contribution in [2.24, 2.45) is 0 Å². The normalized spacial score (nSPS) is 10.9. The lowest BCUT2D eigenvalue weighted by Crippen LogP contribution is -1.97. The van der Waals surface area contributed by atoms with Crippen molar-refractivity contribution in [3.05, 3.63) is 47.4 Å². The Morgan fingerprint density at radius 2 is 1.89 bits per heavy atom. The van der Waals surface area contributed by atoms with Crippen LogP contribution in [0.4, 0.5) is 11.5 Å². The number of aryl methyl sites for hydroxylation is 3. The first-order valence-corrected chi connectivity index (χ1v) is 6.28. The van der Waals surface area contributed by atoms with Gasteiger partial charge in [0.25, 0.3) is 0 Å². The van der Waals surface area contributed by atoms with Crippen molar-refractivity contribution in [1.82, 2.24) is 15.0 Å². The van der Waals surface area contributed by atoms with Gasteiger partial charge in [-0.25, -0.2) is 9.97 Å². The maximum Gasteiger partial charge on any atom is 0.143 e. The van der Waals surface area contributed by atoms with Gasteiger partial charge in [0.1, 0.15) is 17.8 Å². The highest BCUT2D eigenvalue weighted by molar-refractivity contribution is 5.89. The van der Waals surface area contributed by atoms with Crippen molar-refractivity contribution in [1.29, 1.82) is 0 Å². The van der Waals surface area contributed by atoms with Crippen LogP contribution in [0.25, 0.3) is 11.0 Å². The minimum absolute atomic E-state index is 0.835. The predicted octanol–water partition coefficient (Wildman–Crippen LogP) is 3.63. The Hall–Kier alpha value is -2.36. The lowest BCUT2D eigenvalue weighted by atomic mass is 10.1. The second-order valence-electron chi connectivity index (χ2n) is 4.88. The van der Waals surface area contributed by atoms with E-state index >= 15 is 0 Å². The molecular formula is C15H16N4. The molecule has 0 unspecified atom stereocenters. The summed E-state index contributed by atoms with van der Waals surface area (Å²) in [6, 6.07) is 8.39. The highest BCUT2D eigenvalue weighted by atomic mass is 15.0. The quantitative estimate of drug-likeness (QED) is 0.732. The van der Waals surface area contributed by atoms with Crippen LogP contribution in [0.5, 0.6) is 0 Å². The molecule has 0 aliphatic heterocycles. The largest absolute Gasteiger partial charge is 0.343 e. The highest BCUT2D eigenvalue weighted by Crippen LogP contribution is 2.25. The third kappa shape index (κ3) is 2.17. The molecule has 0 amide bonds. The number of aromatic amines is 1. The topological polar surface area (TPSA) is 53.6 Å². The molecule has 96 valence electrons. The average molecular weight is 252 g/mol. The first-order valence-electron chi connectivity index (χ1n) is 6.28. The van der Waals surface area contributed by atoms with Gasteiger partial charge < -0.3 is 10.3 Å². The fraction of sp³-hybridized carbons (Fsp3) is 0.200. The van der Waals surface area contributed by atoms with E-state index < -0.39 is 0 Å². The van der Waals surface area contributed by atoms with Crippen molar-refractivity contribution in [2.45, 2.75) is 20.8 Å². The second-order valence-corrected chi connectivity index (χ2v) is 4.88. The summed E-state index contributed by atoms with van der Waals surface area (Å²) < 4.78 is 0. The zero-order chi connectivity index (χ0) is 13.4. The third-order valence-corrected chi connectivity index (χ3v) is 3.20. The summed E-state index contributed by atoms with van der Waals surface area (Å²) in [4.78, 5) is 11.8. The lowest BCUT2D eigenvalue weighted by molar-refractivity contribution is 1.18. The number of nitrogens with zero attached hydrogens (tertiary/aromatic N) is 2. The molecule has 0 aliphatic rings. The van der Waals surface area contributed by atoms with Crippen LogP contribution in [0.1, 0.15) is 16.8 Å². The molecule has 0 spiro atoms.